The number of hydrogen-bond acceptors (Lipinski definition) is 7. The van der Waals surface area contributed by atoms with Crippen LogP contribution in [0.4, 0.5) is 10.9 Å². The molecule has 2 rings (SSSR count). The van der Waals surface area contributed by atoms with Crippen molar-refractivity contribution in [2.75, 3.05) is 18.7 Å². The molecular weight excluding hydrogens is 394 g/mol. The number of rotatable bonds is 8. The number of aromatic nitrogens is 2. The van der Waals surface area contributed by atoms with Gasteiger partial charge in [0.2, 0.25) is 0 Å². The molecule has 0 aliphatic rings. The summed E-state index contributed by atoms with van der Waals surface area (Å²) in [5.74, 6) is -0.475. The molecule has 2 heterocycles. The topological polar surface area (TPSA) is 84.8 Å². The van der Waals surface area contributed by atoms with E-state index in [4.69, 9.17) is 14.1 Å². The standard InChI is InChI=1S/C19H29N3O4SSi/c1-13-15(17(23)24)10-14(11-26-28(6,7)19(2,3)4)21-16(13)22(12-25-5)18-20-8-9-27-18/h8-10H,11-12H2,1-7H3,(H,23,24). The molecule has 0 bridgehead atoms. The largest absolute Gasteiger partial charge is 0.478 e. The van der Waals surface area contributed by atoms with Gasteiger partial charge < -0.3 is 14.3 Å². The SMILES string of the molecule is COCN(c1nccs1)c1nc(CO[Si](C)(C)C(C)(C)C)cc(C(=O)O)c1C. The number of hydrogen-bond donors (Lipinski definition) is 1. The number of ether oxygens (including phenoxy) is 1. The molecule has 0 saturated heterocycles. The fraction of sp³-hybridized carbons (Fsp3) is 0.526. The predicted octanol–water partition coefficient (Wildman–Crippen LogP) is 4.81. The van der Waals surface area contributed by atoms with E-state index < -0.39 is 14.3 Å². The van der Waals surface area contributed by atoms with Crippen molar-refractivity contribution >= 4 is 36.6 Å². The van der Waals surface area contributed by atoms with Gasteiger partial charge >= 0.3 is 5.97 Å². The van der Waals surface area contributed by atoms with Crippen molar-refractivity contribution in [2.45, 2.75) is 52.4 Å². The summed E-state index contributed by atoms with van der Waals surface area (Å²) in [6.07, 6.45) is 1.69. The first-order valence-corrected chi connectivity index (χ1v) is 12.8. The van der Waals surface area contributed by atoms with Crippen molar-refractivity contribution < 1.29 is 19.1 Å². The van der Waals surface area contributed by atoms with Crippen LogP contribution in [0.1, 0.15) is 42.4 Å². The lowest BCUT2D eigenvalue weighted by Gasteiger charge is -2.36. The van der Waals surface area contributed by atoms with E-state index >= 15 is 0 Å². The van der Waals surface area contributed by atoms with Gasteiger partial charge in [0, 0.05) is 24.3 Å². The van der Waals surface area contributed by atoms with Crippen LogP contribution in [-0.2, 0) is 15.8 Å². The van der Waals surface area contributed by atoms with Crippen LogP contribution in [0.5, 0.6) is 0 Å². The molecule has 0 saturated carbocycles. The van der Waals surface area contributed by atoms with E-state index in [1.165, 1.54) is 11.3 Å². The van der Waals surface area contributed by atoms with E-state index in [1.54, 1.807) is 31.2 Å². The van der Waals surface area contributed by atoms with Crippen LogP contribution in [0, 0.1) is 6.92 Å². The number of carbonyl (C=O) groups is 1. The van der Waals surface area contributed by atoms with Crippen molar-refractivity contribution in [3.05, 3.63) is 34.5 Å². The van der Waals surface area contributed by atoms with Crippen molar-refractivity contribution in [2.24, 2.45) is 0 Å². The highest BCUT2D eigenvalue weighted by molar-refractivity contribution is 7.13. The highest BCUT2D eigenvalue weighted by Gasteiger charge is 2.37. The van der Waals surface area contributed by atoms with Crippen molar-refractivity contribution in [1.29, 1.82) is 0 Å². The van der Waals surface area contributed by atoms with Crippen LogP contribution < -0.4 is 4.90 Å². The molecule has 154 valence electrons. The van der Waals surface area contributed by atoms with E-state index in [-0.39, 0.29) is 23.9 Å². The first-order chi connectivity index (χ1) is 13.0. The number of carboxylic acids is 1. The Bertz CT molecular complexity index is 819. The highest BCUT2D eigenvalue weighted by Crippen LogP contribution is 2.37. The Labute approximate surface area is 171 Å². The Balaban J connectivity index is 2.47. The molecule has 7 nitrogen and oxygen atoms in total. The molecule has 0 aliphatic heterocycles. The van der Waals surface area contributed by atoms with Crippen molar-refractivity contribution in [1.82, 2.24) is 9.97 Å². The van der Waals surface area contributed by atoms with Crippen LogP contribution in [0.25, 0.3) is 0 Å². The maximum atomic E-state index is 11.8. The number of nitrogens with zero attached hydrogens (tertiary/aromatic N) is 3. The molecule has 2 aromatic rings. The summed E-state index contributed by atoms with van der Waals surface area (Å²) < 4.78 is 11.6. The fourth-order valence-electron chi connectivity index (χ4n) is 2.36. The number of carboxylic acid groups (broad SMARTS) is 1. The minimum atomic E-state index is -1.99. The summed E-state index contributed by atoms with van der Waals surface area (Å²) in [6, 6.07) is 1.60. The Kier molecular flexibility index (Phi) is 6.97. The van der Waals surface area contributed by atoms with E-state index in [9.17, 15) is 9.90 Å². The molecule has 1 N–H and O–H groups in total. The quantitative estimate of drug-likeness (QED) is 0.482. The molecule has 9 heteroatoms. The Morgan fingerprint density at radius 1 is 1.36 bits per heavy atom. The molecule has 0 radical (unpaired) electrons. The third-order valence-corrected chi connectivity index (χ3v) is 10.4. The maximum Gasteiger partial charge on any atom is 0.336 e. The van der Waals surface area contributed by atoms with Gasteiger partial charge in [0.1, 0.15) is 12.5 Å². The number of pyridine rings is 1. The van der Waals surface area contributed by atoms with E-state index in [0.29, 0.717) is 22.2 Å². The average molecular weight is 424 g/mol. The molecule has 0 fully saturated rings. The van der Waals surface area contributed by atoms with Crippen LogP contribution >= 0.6 is 11.3 Å². The molecule has 0 unspecified atom stereocenters. The second kappa shape index (κ2) is 8.69. The molecular formula is C19H29N3O4SSi. The molecule has 0 amide bonds. The molecule has 0 aliphatic carbocycles. The number of anilines is 2. The Hall–Kier alpha value is -1.81. The van der Waals surface area contributed by atoms with Gasteiger partial charge in [0.25, 0.3) is 0 Å². The van der Waals surface area contributed by atoms with Gasteiger partial charge in [-0.3, -0.25) is 4.90 Å². The smallest absolute Gasteiger partial charge is 0.336 e. The number of methoxy groups -OCH3 is 1. The van der Waals surface area contributed by atoms with Crippen molar-refractivity contribution in [3.8, 4) is 0 Å². The summed E-state index contributed by atoms with van der Waals surface area (Å²) in [6.45, 7) is 13.0. The fourth-order valence-corrected chi connectivity index (χ4v) is 3.94. The zero-order valence-corrected chi connectivity index (χ0v) is 19.4. The minimum absolute atomic E-state index is 0.0547. The van der Waals surface area contributed by atoms with Gasteiger partial charge in [-0.25, -0.2) is 14.8 Å². The molecule has 0 aromatic carbocycles. The summed E-state index contributed by atoms with van der Waals surface area (Å²) in [5, 5.41) is 12.3. The summed E-state index contributed by atoms with van der Waals surface area (Å²) in [5.41, 5.74) is 1.35. The van der Waals surface area contributed by atoms with E-state index in [1.807, 2.05) is 5.38 Å². The Morgan fingerprint density at radius 3 is 2.54 bits per heavy atom. The first-order valence-electron chi connectivity index (χ1n) is 9.01. The van der Waals surface area contributed by atoms with Crippen LogP contribution in [0.2, 0.25) is 18.1 Å². The summed E-state index contributed by atoms with van der Waals surface area (Å²) in [4.78, 5) is 22.7. The van der Waals surface area contributed by atoms with E-state index in [0.717, 1.165) is 0 Å². The van der Waals surface area contributed by atoms with Gasteiger partial charge in [0.05, 0.1) is 17.9 Å². The average Bonchev–Trinajstić information content (AvgIpc) is 3.12. The van der Waals surface area contributed by atoms with Gasteiger partial charge in [-0.05, 0) is 31.1 Å². The maximum absolute atomic E-state index is 11.8. The van der Waals surface area contributed by atoms with Crippen LogP contribution in [0.15, 0.2) is 17.6 Å². The second-order valence-electron chi connectivity index (χ2n) is 8.12. The Morgan fingerprint density at radius 2 is 2.04 bits per heavy atom. The molecule has 28 heavy (non-hydrogen) atoms. The summed E-state index contributed by atoms with van der Waals surface area (Å²) >= 11 is 1.44. The molecule has 2 aromatic heterocycles. The van der Waals surface area contributed by atoms with E-state index in [2.05, 4.69) is 38.8 Å². The number of thiazole rings is 1. The normalized spacial score (nSPS) is 12.2. The molecule has 0 spiro atoms. The zero-order valence-electron chi connectivity index (χ0n) is 17.6. The van der Waals surface area contributed by atoms with Gasteiger partial charge in [0.15, 0.2) is 13.4 Å². The van der Waals surface area contributed by atoms with Crippen molar-refractivity contribution in [3.63, 3.8) is 0 Å². The lowest BCUT2D eigenvalue weighted by molar-refractivity contribution is 0.0695. The minimum Gasteiger partial charge on any atom is -0.478 e. The highest BCUT2D eigenvalue weighted by atomic mass is 32.1. The first kappa shape index (κ1) is 22.5. The van der Waals surface area contributed by atoms with Crippen LogP contribution in [0.3, 0.4) is 0 Å². The predicted molar refractivity (Wildman–Crippen MR) is 114 cm³/mol. The summed E-state index contributed by atoms with van der Waals surface area (Å²) in [7, 11) is -0.413. The number of aromatic carboxylic acids is 1. The zero-order chi connectivity index (χ0) is 21.1. The molecule has 0 atom stereocenters. The lowest BCUT2D eigenvalue weighted by Crippen LogP contribution is -2.40. The van der Waals surface area contributed by atoms with Gasteiger partial charge in [-0.2, -0.15) is 0 Å². The lowest BCUT2D eigenvalue weighted by atomic mass is 10.1. The third-order valence-electron chi connectivity index (χ3n) is 5.08. The van der Waals surface area contributed by atoms with Gasteiger partial charge in [-0.1, -0.05) is 20.8 Å². The third kappa shape index (κ3) is 4.96. The van der Waals surface area contributed by atoms with Gasteiger partial charge in [-0.15, -0.1) is 11.3 Å². The second-order valence-corrected chi connectivity index (χ2v) is 13.8. The monoisotopic (exact) mass is 423 g/mol. The van der Waals surface area contributed by atoms with Crippen LogP contribution in [-0.4, -0.2) is 43.2 Å².